The van der Waals surface area contributed by atoms with E-state index in [1.807, 2.05) is 0 Å². The summed E-state index contributed by atoms with van der Waals surface area (Å²) in [4.78, 5) is 26.0. The fourth-order valence-electron chi connectivity index (χ4n) is 4.59. The average Bonchev–Trinajstić information content (AvgIpc) is 2.89. The van der Waals surface area contributed by atoms with Gasteiger partial charge in [-0.2, -0.15) is 0 Å². The quantitative estimate of drug-likeness (QED) is 0.477. The van der Waals surface area contributed by atoms with E-state index in [0.717, 1.165) is 0 Å². The maximum absolute atomic E-state index is 13.0. The van der Waals surface area contributed by atoms with Gasteiger partial charge in [0.25, 0.3) is 0 Å². The lowest BCUT2D eigenvalue weighted by atomic mass is 9.99. The van der Waals surface area contributed by atoms with Gasteiger partial charge in [0, 0.05) is 31.4 Å². The highest BCUT2D eigenvalue weighted by atomic mass is 35.5. The van der Waals surface area contributed by atoms with Crippen molar-refractivity contribution < 1.29 is 21.6 Å². The molecule has 0 saturated carbocycles. The Labute approximate surface area is 228 Å². The van der Waals surface area contributed by atoms with E-state index in [-0.39, 0.29) is 35.7 Å². The van der Waals surface area contributed by atoms with Crippen molar-refractivity contribution in [3.8, 4) is 11.3 Å². The van der Waals surface area contributed by atoms with E-state index in [4.69, 9.17) is 11.6 Å². The first-order valence-electron chi connectivity index (χ1n) is 12.7. The third kappa shape index (κ3) is 6.99. The van der Waals surface area contributed by atoms with Gasteiger partial charge in [-0.25, -0.2) is 31.1 Å². The van der Waals surface area contributed by atoms with Crippen LogP contribution in [0.3, 0.4) is 0 Å². The minimum atomic E-state index is -3.44. The van der Waals surface area contributed by atoms with Gasteiger partial charge in [0.15, 0.2) is 0 Å². The fraction of sp³-hybridized carbons (Fsp3) is 0.583. The number of nitrogens with zero attached hydrogens (tertiary/aromatic N) is 4. The molecule has 2 saturated heterocycles. The molecule has 0 aromatic carbocycles. The van der Waals surface area contributed by atoms with Gasteiger partial charge in [-0.05, 0) is 51.5 Å². The van der Waals surface area contributed by atoms with E-state index in [0.29, 0.717) is 60.9 Å². The molecule has 208 valence electrons. The average molecular weight is 585 g/mol. The molecule has 4 rings (SSSR count). The van der Waals surface area contributed by atoms with Crippen LogP contribution in [0.25, 0.3) is 11.3 Å². The van der Waals surface area contributed by atoms with Crippen molar-refractivity contribution in [2.75, 3.05) is 41.8 Å². The fourth-order valence-corrected chi connectivity index (χ4v) is 7.75. The Morgan fingerprint density at radius 1 is 1.16 bits per heavy atom. The number of amides is 1. The zero-order valence-electron chi connectivity index (χ0n) is 21.4. The number of sulfone groups is 1. The van der Waals surface area contributed by atoms with Gasteiger partial charge >= 0.3 is 0 Å². The summed E-state index contributed by atoms with van der Waals surface area (Å²) in [7, 11) is -6.35. The van der Waals surface area contributed by atoms with Crippen molar-refractivity contribution >= 4 is 49.0 Å². The number of hydrogen-bond donors (Lipinski definition) is 2. The number of nitrogens with one attached hydrogen (secondary N) is 2. The minimum absolute atomic E-state index is 0.138. The van der Waals surface area contributed by atoms with Crippen molar-refractivity contribution in [3.63, 3.8) is 0 Å². The maximum Gasteiger partial charge on any atom is 0.229 e. The lowest BCUT2D eigenvalue weighted by Crippen LogP contribution is -2.46. The van der Waals surface area contributed by atoms with Gasteiger partial charge in [-0.15, -0.1) is 0 Å². The first-order chi connectivity index (χ1) is 17.9. The van der Waals surface area contributed by atoms with Gasteiger partial charge in [-0.3, -0.25) is 9.78 Å². The maximum atomic E-state index is 13.0. The SMILES string of the molecule is CC(C)S(=O)(=O)N1CCC[C@@H](C(=O)Nc2cc(-c3cncc(NCC4CCS(=O)(=O)CC4)n3)c(Cl)cn2)C1. The third-order valence-electron chi connectivity index (χ3n) is 6.97. The largest absolute Gasteiger partial charge is 0.368 e. The number of sulfonamides is 1. The number of carbonyl (C=O) groups excluding carboxylic acids is 1. The first kappa shape index (κ1) is 28.7. The van der Waals surface area contributed by atoms with Crippen LogP contribution in [0.2, 0.25) is 5.02 Å². The Hall–Kier alpha value is -2.35. The Balaban J connectivity index is 1.42. The Bertz CT molecular complexity index is 1370. The molecule has 14 heteroatoms. The van der Waals surface area contributed by atoms with E-state index >= 15 is 0 Å². The number of pyridine rings is 1. The second-order valence-corrected chi connectivity index (χ2v) is 15.3. The predicted molar refractivity (Wildman–Crippen MR) is 147 cm³/mol. The molecule has 0 unspecified atom stereocenters. The summed E-state index contributed by atoms with van der Waals surface area (Å²) in [6.45, 7) is 4.40. The molecule has 0 aliphatic carbocycles. The summed E-state index contributed by atoms with van der Waals surface area (Å²) < 4.78 is 49.8. The second kappa shape index (κ2) is 11.8. The highest BCUT2D eigenvalue weighted by molar-refractivity contribution is 7.91. The van der Waals surface area contributed by atoms with Crippen LogP contribution >= 0.6 is 11.6 Å². The molecular formula is C24H33ClN6O5S2. The molecule has 1 atom stereocenters. The van der Waals surface area contributed by atoms with Gasteiger partial charge in [0.1, 0.15) is 21.5 Å². The van der Waals surface area contributed by atoms with Crippen LogP contribution < -0.4 is 10.6 Å². The Kier molecular flexibility index (Phi) is 8.90. The predicted octanol–water partition coefficient (Wildman–Crippen LogP) is 2.82. The summed E-state index contributed by atoms with van der Waals surface area (Å²) in [5.74, 6) is 0.675. The van der Waals surface area contributed by atoms with Crippen LogP contribution in [0.15, 0.2) is 24.7 Å². The van der Waals surface area contributed by atoms with Crippen molar-refractivity contribution in [1.82, 2.24) is 19.3 Å². The monoisotopic (exact) mass is 584 g/mol. The molecule has 0 bridgehead atoms. The van der Waals surface area contributed by atoms with Crippen LogP contribution in [0, 0.1) is 11.8 Å². The molecule has 2 aliphatic heterocycles. The first-order valence-corrected chi connectivity index (χ1v) is 16.4. The molecule has 1 amide bonds. The van der Waals surface area contributed by atoms with Gasteiger partial charge in [0.2, 0.25) is 15.9 Å². The van der Waals surface area contributed by atoms with E-state index in [2.05, 4.69) is 25.6 Å². The van der Waals surface area contributed by atoms with Crippen LogP contribution in [-0.4, -0.2) is 78.4 Å². The van der Waals surface area contributed by atoms with E-state index in [1.54, 1.807) is 32.3 Å². The minimum Gasteiger partial charge on any atom is -0.368 e. The standard InChI is InChI=1S/C24H33ClN6O5S2/c1-16(2)38(35,36)31-7-3-4-18(15-31)24(32)30-22-10-19(20(25)12-28-22)21-13-26-14-23(29-21)27-11-17-5-8-37(33,34)9-6-17/h10,12-14,16-18H,3-9,11,15H2,1-2H3,(H,27,29)(H,28,30,32)/t18-/m1/s1. The van der Waals surface area contributed by atoms with Crippen LogP contribution in [0.4, 0.5) is 11.6 Å². The number of rotatable bonds is 8. The molecule has 2 aliphatic rings. The molecule has 2 N–H and O–H groups in total. The zero-order chi connectivity index (χ0) is 27.5. The topological polar surface area (TPSA) is 151 Å². The summed E-state index contributed by atoms with van der Waals surface area (Å²) >= 11 is 6.40. The van der Waals surface area contributed by atoms with Crippen molar-refractivity contribution in [2.24, 2.45) is 11.8 Å². The summed E-state index contributed by atoms with van der Waals surface area (Å²) in [6.07, 6.45) is 6.99. The van der Waals surface area contributed by atoms with Crippen molar-refractivity contribution in [3.05, 3.63) is 29.7 Å². The molecule has 2 aromatic heterocycles. The van der Waals surface area contributed by atoms with Gasteiger partial charge < -0.3 is 10.6 Å². The van der Waals surface area contributed by atoms with Crippen molar-refractivity contribution in [2.45, 2.75) is 44.8 Å². The molecule has 38 heavy (non-hydrogen) atoms. The number of anilines is 2. The highest BCUT2D eigenvalue weighted by Gasteiger charge is 2.34. The number of carbonyl (C=O) groups is 1. The lowest BCUT2D eigenvalue weighted by Gasteiger charge is -2.32. The van der Waals surface area contributed by atoms with E-state index < -0.39 is 31.0 Å². The number of halogens is 1. The highest BCUT2D eigenvalue weighted by Crippen LogP contribution is 2.29. The van der Waals surface area contributed by atoms with E-state index in [9.17, 15) is 21.6 Å². The summed E-state index contributed by atoms with van der Waals surface area (Å²) in [6, 6.07) is 1.62. The smallest absolute Gasteiger partial charge is 0.229 e. The molecule has 2 aromatic rings. The number of hydrogen-bond acceptors (Lipinski definition) is 9. The molecular weight excluding hydrogens is 552 g/mol. The Morgan fingerprint density at radius 2 is 1.89 bits per heavy atom. The van der Waals surface area contributed by atoms with Gasteiger partial charge in [0.05, 0.1) is 45.8 Å². The van der Waals surface area contributed by atoms with E-state index in [1.165, 1.54) is 10.5 Å². The van der Waals surface area contributed by atoms with Crippen molar-refractivity contribution in [1.29, 1.82) is 0 Å². The molecule has 2 fully saturated rings. The summed E-state index contributed by atoms with van der Waals surface area (Å²) in [5, 5.41) is 5.82. The van der Waals surface area contributed by atoms with Gasteiger partial charge in [-0.1, -0.05) is 11.6 Å². The normalized spacial score (nSPS) is 20.8. The summed E-state index contributed by atoms with van der Waals surface area (Å²) in [5.41, 5.74) is 1.01. The molecule has 0 radical (unpaired) electrons. The number of aromatic nitrogens is 3. The number of piperidine rings is 1. The van der Waals surface area contributed by atoms with Crippen LogP contribution in [0.5, 0.6) is 0 Å². The lowest BCUT2D eigenvalue weighted by molar-refractivity contribution is -0.120. The second-order valence-electron chi connectivity index (χ2n) is 10.1. The zero-order valence-corrected chi connectivity index (χ0v) is 23.8. The van der Waals surface area contributed by atoms with Crippen LogP contribution in [0.1, 0.15) is 39.5 Å². The van der Waals surface area contributed by atoms with Crippen LogP contribution in [-0.2, 0) is 24.7 Å². The Morgan fingerprint density at radius 3 is 2.61 bits per heavy atom. The molecule has 0 spiro atoms. The molecule has 4 heterocycles. The molecule has 11 nitrogen and oxygen atoms in total. The third-order valence-corrected chi connectivity index (χ3v) is 11.2.